The molecule has 0 radical (unpaired) electrons. The lowest BCUT2D eigenvalue weighted by Crippen LogP contribution is -2.26. The molecule has 28 heavy (non-hydrogen) atoms. The third-order valence-corrected chi connectivity index (χ3v) is 4.13. The topological polar surface area (TPSA) is 90.6 Å². The molecule has 3 aromatic rings. The molecule has 0 aliphatic heterocycles. The van der Waals surface area contributed by atoms with Crippen molar-refractivity contribution in [3.8, 4) is 11.5 Å². The Labute approximate surface area is 163 Å². The van der Waals surface area contributed by atoms with E-state index in [9.17, 15) is 4.79 Å². The lowest BCUT2D eigenvalue weighted by Gasteiger charge is -2.12. The minimum atomic E-state index is -0.321. The zero-order valence-electron chi connectivity index (χ0n) is 16.7. The molecule has 148 valence electrons. The molecule has 2 aromatic heterocycles. The summed E-state index contributed by atoms with van der Waals surface area (Å²) in [5.74, 6) is 1.66. The molecule has 3 rings (SSSR count). The first-order chi connectivity index (χ1) is 13.5. The number of aryl methyl sites for hydroxylation is 2. The predicted molar refractivity (Wildman–Crippen MR) is 105 cm³/mol. The molecule has 1 amide bonds. The molecule has 0 bridgehead atoms. The van der Waals surface area contributed by atoms with Gasteiger partial charge in [0.15, 0.2) is 11.5 Å². The summed E-state index contributed by atoms with van der Waals surface area (Å²) in [7, 11) is 0. The fourth-order valence-corrected chi connectivity index (χ4v) is 2.91. The van der Waals surface area contributed by atoms with Gasteiger partial charge in [0.25, 0.3) is 11.7 Å². The Morgan fingerprint density at radius 3 is 2.57 bits per heavy atom. The Morgan fingerprint density at radius 2 is 1.82 bits per heavy atom. The van der Waals surface area contributed by atoms with Crippen molar-refractivity contribution in [2.75, 3.05) is 19.8 Å². The zero-order valence-corrected chi connectivity index (χ0v) is 16.7. The summed E-state index contributed by atoms with van der Waals surface area (Å²) in [6, 6.07) is 7.70. The van der Waals surface area contributed by atoms with Crippen LogP contribution in [0.25, 0.3) is 5.78 Å². The van der Waals surface area contributed by atoms with Crippen molar-refractivity contribution >= 4 is 11.7 Å². The molecule has 0 saturated carbocycles. The van der Waals surface area contributed by atoms with Crippen molar-refractivity contribution < 1.29 is 14.3 Å². The average Bonchev–Trinajstić information content (AvgIpc) is 3.08. The number of ether oxygens (including phenoxy) is 2. The van der Waals surface area contributed by atoms with E-state index in [1.807, 2.05) is 52.0 Å². The zero-order chi connectivity index (χ0) is 20.1. The molecular weight excluding hydrogens is 358 g/mol. The molecule has 0 spiro atoms. The van der Waals surface area contributed by atoms with Gasteiger partial charge in [0.1, 0.15) is 0 Å². The molecule has 1 N–H and O–H groups in total. The number of hydrogen-bond donors (Lipinski definition) is 1. The van der Waals surface area contributed by atoms with Crippen LogP contribution < -0.4 is 14.8 Å². The normalized spacial score (nSPS) is 10.9. The highest BCUT2D eigenvalue weighted by Crippen LogP contribution is 2.28. The highest BCUT2D eigenvalue weighted by molar-refractivity contribution is 5.90. The maximum absolute atomic E-state index is 12.4. The lowest BCUT2D eigenvalue weighted by atomic mass is 10.1. The fourth-order valence-electron chi connectivity index (χ4n) is 2.91. The lowest BCUT2D eigenvalue weighted by molar-refractivity contribution is 0.0944. The van der Waals surface area contributed by atoms with E-state index in [4.69, 9.17) is 9.47 Å². The van der Waals surface area contributed by atoms with Crippen LogP contribution in [-0.2, 0) is 6.42 Å². The number of carbonyl (C=O) groups excluding carboxylic acids is 1. The van der Waals surface area contributed by atoms with Gasteiger partial charge < -0.3 is 14.8 Å². The van der Waals surface area contributed by atoms with Crippen molar-refractivity contribution in [1.29, 1.82) is 0 Å². The number of carbonyl (C=O) groups is 1. The molecule has 0 unspecified atom stereocenters. The summed E-state index contributed by atoms with van der Waals surface area (Å²) in [4.78, 5) is 20.9. The van der Waals surface area contributed by atoms with Crippen molar-refractivity contribution in [2.45, 2.75) is 34.1 Å². The number of hydrogen-bond acceptors (Lipinski definition) is 6. The van der Waals surface area contributed by atoms with Crippen LogP contribution in [-0.4, -0.2) is 45.2 Å². The minimum absolute atomic E-state index is 0.114. The van der Waals surface area contributed by atoms with E-state index in [0.717, 1.165) is 22.7 Å². The van der Waals surface area contributed by atoms with Crippen molar-refractivity contribution in [3.63, 3.8) is 0 Å². The van der Waals surface area contributed by atoms with E-state index in [-0.39, 0.29) is 11.7 Å². The maximum atomic E-state index is 12.4. The van der Waals surface area contributed by atoms with Crippen LogP contribution >= 0.6 is 0 Å². The molecular formula is C20H25N5O3. The number of nitrogens with one attached hydrogen (secondary N) is 1. The Hall–Kier alpha value is -3.16. The first-order valence-corrected chi connectivity index (χ1v) is 9.39. The molecule has 8 heteroatoms. The first-order valence-electron chi connectivity index (χ1n) is 9.39. The highest BCUT2D eigenvalue weighted by atomic mass is 16.5. The van der Waals surface area contributed by atoms with Crippen LogP contribution in [0.2, 0.25) is 0 Å². The second-order valence-electron chi connectivity index (χ2n) is 6.34. The van der Waals surface area contributed by atoms with Gasteiger partial charge in [-0.3, -0.25) is 4.79 Å². The second kappa shape index (κ2) is 8.69. The largest absolute Gasteiger partial charge is 0.490 e. The monoisotopic (exact) mass is 383 g/mol. The number of nitrogens with zero attached hydrogens (tertiary/aromatic N) is 4. The number of benzene rings is 1. The molecule has 2 heterocycles. The van der Waals surface area contributed by atoms with Crippen molar-refractivity contribution in [2.24, 2.45) is 0 Å². The van der Waals surface area contributed by atoms with Crippen LogP contribution in [0.1, 0.15) is 41.4 Å². The molecule has 1 aromatic carbocycles. The van der Waals surface area contributed by atoms with Gasteiger partial charge in [0, 0.05) is 17.9 Å². The maximum Gasteiger partial charge on any atom is 0.291 e. The predicted octanol–water partition coefficient (Wildman–Crippen LogP) is 2.51. The summed E-state index contributed by atoms with van der Waals surface area (Å²) in [6.45, 7) is 9.25. The SMILES string of the molecule is CCOc1ccc(CCNC(=O)c2nc3nc(C)cc(C)n3n2)cc1OCC. The van der Waals surface area contributed by atoms with Gasteiger partial charge in [-0.2, -0.15) is 4.98 Å². The highest BCUT2D eigenvalue weighted by Gasteiger charge is 2.15. The summed E-state index contributed by atoms with van der Waals surface area (Å²) < 4.78 is 12.8. The van der Waals surface area contributed by atoms with Gasteiger partial charge >= 0.3 is 0 Å². The molecule has 0 aliphatic carbocycles. The average molecular weight is 383 g/mol. The number of fused-ring (bicyclic) bond motifs is 1. The molecule has 0 atom stereocenters. The third kappa shape index (κ3) is 4.39. The molecule has 0 fully saturated rings. The summed E-state index contributed by atoms with van der Waals surface area (Å²) in [5.41, 5.74) is 2.76. The third-order valence-electron chi connectivity index (χ3n) is 4.13. The van der Waals surface area contributed by atoms with Crippen LogP contribution in [0.15, 0.2) is 24.3 Å². The van der Waals surface area contributed by atoms with Crippen LogP contribution in [0.5, 0.6) is 11.5 Å². The van der Waals surface area contributed by atoms with Crippen LogP contribution in [0.3, 0.4) is 0 Å². The smallest absolute Gasteiger partial charge is 0.291 e. The van der Waals surface area contributed by atoms with E-state index >= 15 is 0 Å². The van der Waals surface area contributed by atoms with E-state index in [0.29, 0.717) is 37.7 Å². The van der Waals surface area contributed by atoms with Gasteiger partial charge in [0.2, 0.25) is 5.82 Å². The Balaban J connectivity index is 1.64. The minimum Gasteiger partial charge on any atom is -0.490 e. The Morgan fingerprint density at radius 1 is 1.07 bits per heavy atom. The van der Waals surface area contributed by atoms with Gasteiger partial charge in [0.05, 0.1) is 13.2 Å². The van der Waals surface area contributed by atoms with Crippen molar-refractivity contribution in [3.05, 3.63) is 47.0 Å². The summed E-state index contributed by atoms with van der Waals surface area (Å²) in [6.07, 6.45) is 0.655. The number of rotatable bonds is 8. The van der Waals surface area contributed by atoms with Gasteiger partial charge in [-0.05, 0) is 57.9 Å². The molecule has 0 aliphatic rings. The van der Waals surface area contributed by atoms with Gasteiger partial charge in [-0.1, -0.05) is 6.07 Å². The summed E-state index contributed by atoms with van der Waals surface area (Å²) >= 11 is 0. The fraction of sp³-hybridized carbons (Fsp3) is 0.400. The number of aromatic nitrogens is 4. The van der Waals surface area contributed by atoms with E-state index < -0.39 is 0 Å². The van der Waals surface area contributed by atoms with Gasteiger partial charge in [-0.15, -0.1) is 5.10 Å². The number of amides is 1. The summed E-state index contributed by atoms with van der Waals surface area (Å²) in [5, 5.41) is 7.10. The Kier molecular flexibility index (Phi) is 6.08. The van der Waals surface area contributed by atoms with Crippen molar-refractivity contribution in [1.82, 2.24) is 24.9 Å². The van der Waals surface area contributed by atoms with E-state index in [1.54, 1.807) is 4.52 Å². The van der Waals surface area contributed by atoms with Crippen LogP contribution in [0.4, 0.5) is 0 Å². The second-order valence-corrected chi connectivity index (χ2v) is 6.34. The standard InChI is InChI=1S/C20H25N5O3/c1-5-27-16-8-7-15(12-17(16)28-6-2)9-10-21-19(26)18-23-20-22-13(3)11-14(4)25(20)24-18/h7-8,11-12H,5-6,9-10H2,1-4H3,(H,21,26). The first kappa shape index (κ1) is 19.6. The van der Waals surface area contributed by atoms with E-state index in [1.165, 1.54) is 0 Å². The quantitative estimate of drug-likeness (QED) is 0.643. The Bertz CT molecular complexity index is 983. The molecule has 8 nitrogen and oxygen atoms in total. The molecule has 0 saturated heterocycles. The van der Waals surface area contributed by atoms with E-state index in [2.05, 4.69) is 20.4 Å². The van der Waals surface area contributed by atoms with Crippen LogP contribution in [0, 0.1) is 13.8 Å². The van der Waals surface area contributed by atoms with Gasteiger partial charge in [-0.25, -0.2) is 9.50 Å².